The Balaban J connectivity index is 1.39. The molecule has 6 fully saturated rings. The Morgan fingerprint density at radius 1 is 1.03 bits per heavy atom. The van der Waals surface area contributed by atoms with E-state index in [1.807, 2.05) is 6.92 Å². The van der Waals surface area contributed by atoms with Crippen LogP contribution < -0.4 is 4.74 Å². The number of ether oxygens (including phenoxy) is 3. The molecule has 8 unspecified atom stereocenters. The highest BCUT2D eigenvalue weighted by Gasteiger charge is 2.78. The van der Waals surface area contributed by atoms with E-state index in [9.17, 15) is 28.5 Å². The quantitative estimate of drug-likeness (QED) is 0.347. The fraction of sp³-hybridized carbons (Fsp3) is 0.778. The molecule has 1 spiro atoms. The largest absolute Gasteiger partial charge is 0.462 e. The van der Waals surface area contributed by atoms with Crippen molar-refractivity contribution in [2.45, 2.75) is 106 Å². The molecule has 7 rings (SSSR count). The van der Waals surface area contributed by atoms with Gasteiger partial charge in [0.15, 0.2) is 5.60 Å². The molecule has 0 radical (unpaired) electrons. The van der Waals surface area contributed by atoms with E-state index in [1.54, 1.807) is 18.2 Å². The predicted octanol–water partition coefficient (Wildman–Crippen LogP) is 3.71. The molecule has 2 heterocycles. The van der Waals surface area contributed by atoms with Crippen molar-refractivity contribution in [1.82, 2.24) is 0 Å². The topological polar surface area (TPSA) is 107 Å². The van der Waals surface area contributed by atoms with Crippen LogP contribution in [0.5, 0.6) is 5.75 Å². The Bertz CT molecular complexity index is 1090. The van der Waals surface area contributed by atoms with Crippen LogP contribution in [-0.4, -0.2) is 69.3 Å². The first kappa shape index (κ1) is 28.0. The van der Waals surface area contributed by atoms with Crippen LogP contribution in [0, 0.1) is 17.8 Å². The molecule has 2 saturated heterocycles. The van der Waals surface area contributed by atoms with Crippen LogP contribution in [0.3, 0.4) is 0 Å². The van der Waals surface area contributed by atoms with Crippen molar-refractivity contribution in [1.29, 1.82) is 0 Å². The number of alkyl halides is 4. The van der Waals surface area contributed by atoms with E-state index in [-0.39, 0.29) is 17.6 Å². The Morgan fingerprint density at radius 3 is 2.28 bits per heavy atom. The monoisotopic (exact) mass is 578 g/mol. The Labute approximate surface area is 229 Å². The van der Waals surface area contributed by atoms with E-state index < -0.39 is 59.8 Å². The molecule has 39 heavy (non-hydrogen) atoms. The minimum atomic E-state index is -4.61. The van der Waals surface area contributed by atoms with E-state index in [2.05, 4.69) is 0 Å². The molecule has 8 nitrogen and oxygen atoms in total. The van der Waals surface area contributed by atoms with Gasteiger partial charge in [0.25, 0.3) is 5.79 Å². The molecule has 218 valence electrons. The summed E-state index contributed by atoms with van der Waals surface area (Å²) in [5.41, 5.74) is -0.165. The van der Waals surface area contributed by atoms with E-state index in [1.165, 1.54) is 6.92 Å². The van der Waals surface area contributed by atoms with Gasteiger partial charge in [0.1, 0.15) is 30.7 Å². The molecule has 0 amide bonds. The number of aryl methyl sites for hydroxylation is 1. The van der Waals surface area contributed by atoms with Crippen molar-refractivity contribution in [2.75, 3.05) is 6.61 Å². The molecular formula is C27H34ClF3O8. The highest BCUT2D eigenvalue weighted by Crippen LogP contribution is 2.71. The second-order valence-electron chi connectivity index (χ2n) is 12.0. The Morgan fingerprint density at radius 2 is 1.72 bits per heavy atom. The third-order valence-corrected chi connectivity index (χ3v) is 9.92. The van der Waals surface area contributed by atoms with Crippen molar-refractivity contribution in [3.8, 4) is 5.75 Å². The van der Waals surface area contributed by atoms with Crippen molar-refractivity contribution in [3.63, 3.8) is 0 Å². The van der Waals surface area contributed by atoms with E-state index >= 15 is 0 Å². The first-order valence-corrected chi connectivity index (χ1v) is 13.9. The average molecular weight is 579 g/mol. The molecular weight excluding hydrogens is 545 g/mol. The third-order valence-electron chi connectivity index (χ3n) is 9.46. The van der Waals surface area contributed by atoms with Crippen molar-refractivity contribution in [3.05, 3.63) is 29.3 Å². The third kappa shape index (κ3) is 4.31. The Kier molecular flexibility index (Phi) is 6.75. The van der Waals surface area contributed by atoms with E-state index in [0.717, 1.165) is 19.3 Å². The molecule has 4 aliphatic carbocycles. The number of aliphatic hydroxyl groups excluding tert-OH is 3. The standard InChI is InChI=1S/C27H34ClF3O8/c1-3-15-4-5-16(8-19(15)37-23-22(34)21(33)20(32)13(2)36-23)27(35-12-25(29,30)31)26(38-39-27)17-6-14-7-18(26)11-24(28,9-14)10-17/h4-5,8,13-14,17-18,20-23,32-34H,3,6-7,9-12H2,1-2H3. The maximum atomic E-state index is 13.5. The lowest BCUT2D eigenvalue weighted by Gasteiger charge is -2.70. The zero-order valence-corrected chi connectivity index (χ0v) is 22.5. The summed E-state index contributed by atoms with van der Waals surface area (Å²) in [6, 6.07) is 4.91. The summed E-state index contributed by atoms with van der Waals surface area (Å²) in [7, 11) is 0. The van der Waals surface area contributed by atoms with Gasteiger partial charge in [0.05, 0.1) is 6.10 Å². The first-order chi connectivity index (χ1) is 18.3. The lowest BCUT2D eigenvalue weighted by molar-refractivity contribution is -0.650. The molecule has 3 N–H and O–H groups in total. The summed E-state index contributed by atoms with van der Waals surface area (Å²) in [6.45, 7) is 1.87. The van der Waals surface area contributed by atoms with Gasteiger partial charge in [-0.25, -0.2) is 4.89 Å². The van der Waals surface area contributed by atoms with Gasteiger partial charge in [-0.15, -0.1) is 11.6 Å². The number of halogens is 4. The van der Waals surface area contributed by atoms with Crippen molar-refractivity contribution in [2.24, 2.45) is 17.8 Å². The zero-order chi connectivity index (χ0) is 28.0. The minimum absolute atomic E-state index is 0.153. The molecule has 2 aliphatic heterocycles. The summed E-state index contributed by atoms with van der Waals surface area (Å²) in [6.07, 6.45) is -7.01. The molecule has 0 aromatic heterocycles. The number of aliphatic hydroxyl groups is 3. The molecule has 8 atom stereocenters. The van der Waals surface area contributed by atoms with Crippen molar-refractivity contribution < 1.29 is 52.5 Å². The van der Waals surface area contributed by atoms with E-state index in [0.29, 0.717) is 36.3 Å². The zero-order valence-electron chi connectivity index (χ0n) is 21.7. The summed E-state index contributed by atoms with van der Waals surface area (Å²) in [5, 5.41) is 30.8. The summed E-state index contributed by atoms with van der Waals surface area (Å²) in [5.74, 6) is -1.55. The van der Waals surface area contributed by atoms with Gasteiger partial charge in [0.2, 0.25) is 6.29 Å². The smallest absolute Gasteiger partial charge is 0.411 e. The fourth-order valence-electron chi connectivity index (χ4n) is 7.83. The van der Waals surface area contributed by atoms with Gasteiger partial charge in [-0.05, 0) is 74.8 Å². The van der Waals surface area contributed by atoms with Gasteiger partial charge >= 0.3 is 6.18 Å². The Hall–Kier alpha value is -1.18. The van der Waals surface area contributed by atoms with Crippen molar-refractivity contribution >= 4 is 11.6 Å². The number of hydrogen-bond acceptors (Lipinski definition) is 8. The second-order valence-corrected chi connectivity index (χ2v) is 12.8. The summed E-state index contributed by atoms with van der Waals surface area (Å²) < 4.78 is 57.9. The minimum Gasteiger partial charge on any atom is -0.462 e. The molecule has 6 aliphatic rings. The first-order valence-electron chi connectivity index (χ1n) is 13.6. The number of hydrogen-bond donors (Lipinski definition) is 3. The van der Waals surface area contributed by atoms with Crippen LogP contribution in [0.4, 0.5) is 13.2 Å². The number of benzene rings is 1. The lowest BCUT2D eigenvalue weighted by Crippen LogP contribution is -2.78. The van der Waals surface area contributed by atoms with Gasteiger partial charge in [-0.3, -0.25) is 0 Å². The van der Waals surface area contributed by atoms with E-state index in [4.69, 9.17) is 35.6 Å². The molecule has 1 aromatic carbocycles. The normalized spacial score (nSPS) is 46.9. The van der Waals surface area contributed by atoms with Crippen LogP contribution in [0.2, 0.25) is 0 Å². The predicted molar refractivity (Wildman–Crippen MR) is 130 cm³/mol. The average Bonchev–Trinajstić information content (AvgIpc) is 2.84. The van der Waals surface area contributed by atoms with Gasteiger partial charge in [-0.2, -0.15) is 18.1 Å². The SMILES string of the molecule is CCc1ccc(C2(OCC(F)(F)F)OOC23C2CC4CC3CC(Cl)(C4)C2)cc1OC1OC(C)C(O)C(O)C1O. The van der Waals surface area contributed by atoms with Crippen LogP contribution in [0.1, 0.15) is 57.1 Å². The van der Waals surface area contributed by atoms with Gasteiger partial charge < -0.3 is 29.5 Å². The van der Waals surface area contributed by atoms with Gasteiger partial charge in [-0.1, -0.05) is 19.1 Å². The fourth-order valence-corrected chi connectivity index (χ4v) is 8.42. The summed E-state index contributed by atoms with van der Waals surface area (Å²) >= 11 is 6.94. The molecule has 1 aromatic rings. The van der Waals surface area contributed by atoms with Crippen LogP contribution in [-0.2, 0) is 31.5 Å². The molecule has 4 saturated carbocycles. The van der Waals surface area contributed by atoms with Crippen LogP contribution >= 0.6 is 11.6 Å². The summed E-state index contributed by atoms with van der Waals surface area (Å²) in [4.78, 5) is 11.1. The highest BCUT2D eigenvalue weighted by atomic mass is 35.5. The second kappa shape index (κ2) is 9.42. The van der Waals surface area contributed by atoms with Gasteiger partial charge in [0, 0.05) is 10.4 Å². The van der Waals surface area contributed by atoms with Crippen LogP contribution in [0.15, 0.2) is 18.2 Å². The maximum Gasteiger partial charge on any atom is 0.411 e. The highest BCUT2D eigenvalue weighted by molar-refractivity contribution is 6.24. The number of rotatable bonds is 6. The molecule has 4 bridgehead atoms. The maximum absolute atomic E-state index is 13.5. The van der Waals surface area contributed by atoms with Crippen LogP contribution in [0.25, 0.3) is 0 Å². The lowest BCUT2D eigenvalue weighted by atomic mass is 9.46. The molecule has 12 heteroatoms.